The predicted octanol–water partition coefficient (Wildman–Crippen LogP) is 2.28. The summed E-state index contributed by atoms with van der Waals surface area (Å²) >= 11 is 6.18. The highest BCUT2D eigenvalue weighted by atomic mass is 35.5. The molecule has 1 aromatic carbocycles. The van der Waals surface area contributed by atoms with E-state index in [2.05, 4.69) is 5.32 Å². The molecule has 0 aliphatic carbocycles. The van der Waals surface area contributed by atoms with Crippen LogP contribution >= 0.6 is 11.6 Å². The van der Waals surface area contributed by atoms with Gasteiger partial charge in [-0.15, -0.1) is 0 Å². The molecule has 102 valence electrons. The van der Waals surface area contributed by atoms with Gasteiger partial charge in [0.25, 0.3) is 0 Å². The zero-order chi connectivity index (χ0) is 14.0. The second kappa shape index (κ2) is 5.61. The molecule has 4 nitrogen and oxygen atoms in total. The normalized spacial score (nSPS) is 19.5. The van der Waals surface area contributed by atoms with Crippen LogP contribution in [0.1, 0.15) is 25.3 Å². The van der Waals surface area contributed by atoms with Crippen LogP contribution in [-0.2, 0) is 9.59 Å². The number of piperazine rings is 1. The molecule has 0 aromatic heterocycles. The molecule has 0 spiro atoms. The Kier molecular flexibility index (Phi) is 4.10. The van der Waals surface area contributed by atoms with Crippen LogP contribution in [0.15, 0.2) is 18.2 Å². The summed E-state index contributed by atoms with van der Waals surface area (Å²) in [5, 5.41) is 3.22. The van der Waals surface area contributed by atoms with Crippen molar-refractivity contribution in [1.29, 1.82) is 0 Å². The number of carbonyl (C=O) groups excluding carboxylic acids is 2. The zero-order valence-electron chi connectivity index (χ0n) is 11.1. The molecule has 1 aromatic rings. The van der Waals surface area contributed by atoms with Crippen molar-refractivity contribution in [2.45, 2.75) is 32.7 Å². The SMILES string of the molecule is CCCC1NC(=O)CN(c2ccc(C)cc2Cl)C1=O. The Labute approximate surface area is 117 Å². The lowest BCUT2D eigenvalue weighted by molar-refractivity contribution is -0.131. The quantitative estimate of drug-likeness (QED) is 0.923. The monoisotopic (exact) mass is 280 g/mol. The van der Waals surface area contributed by atoms with Gasteiger partial charge in [-0.25, -0.2) is 0 Å². The molecule has 0 saturated carbocycles. The summed E-state index contributed by atoms with van der Waals surface area (Å²) in [6.45, 7) is 3.94. The number of rotatable bonds is 3. The summed E-state index contributed by atoms with van der Waals surface area (Å²) in [6, 6.07) is 5.03. The number of anilines is 1. The first-order valence-corrected chi connectivity index (χ1v) is 6.77. The number of hydrogen-bond donors (Lipinski definition) is 1. The molecule has 19 heavy (non-hydrogen) atoms. The minimum absolute atomic E-state index is 0.0296. The highest BCUT2D eigenvalue weighted by Crippen LogP contribution is 2.28. The Bertz CT molecular complexity index is 516. The minimum Gasteiger partial charge on any atom is -0.343 e. The fourth-order valence-electron chi connectivity index (χ4n) is 2.23. The Morgan fingerprint density at radius 3 is 2.79 bits per heavy atom. The van der Waals surface area contributed by atoms with Gasteiger partial charge in [0.05, 0.1) is 10.7 Å². The van der Waals surface area contributed by atoms with Crippen molar-refractivity contribution >= 4 is 29.1 Å². The van der Waals surface area contributed by atoms with E-state index < -0.39 is 6.04 Å². The smallest absolute Gasteiger partial charge is 0.250 e. The van der Waals surface area contributed by atoms with Crippen LogP contribution in [-0.4, -0.2) is 24.4 Å². The molecular formula is C14H17ClN2O2. The average molecular weight is 281 g/mol. The molecule has 2 rings (SSSR count). The van der Waals surface area contributed by atoms with Crippen LogP contribution in [0, 0.1) is 6.92 Å². The van der Waals surface area contributed by atoms with Crippen molar-refractivity contribution in [3.05, 3.63) is 28.8 Å². The largest absolute Gasteiger partial charge is 0.343 e. The van der Waals surface area contributed by atoms with Crippen molar-refractivity contribution in [2.24, 2.45) is 0 Å². The molecule has 1 heterocycles. The third kappa shape index (κ3) is 2.89. The van der Waals surface area contributed by atoms with Gasteiger partial charge >= 0.3 is 0 Å². The first-order valence-electron chi connectivity index (χ1n) is 6.39. The molecule has 1 unspecified atom stereocenters. The van der Waals surface area contributed by atoms with Gasteiger partial charge in [-0.05, 0) is 31.0 Å². The van der Waals surface area contributed by atoms with Crippen LogP contribution < -0.4 is 10.2 Å². The second-order valence-corrected chi connectivity index (χ2v) is 5.20. The molecule has 1 aliphatic heterocycles. The third-order valence-electron chi connectivity index (χ3n) is 3.17. The van der Waals surface area contributed by atoms with E-state index in [0.29, 0.717) is 17.1 Å². The highest BCUT2D eigenvalue weighted by molar-refractivity contribution is 6.34. The van der Waals surface area contributed by atoms with Gasteiger partial charge < -0.3 is 5.32 Å². The molecule has 0 bridgehead atoms. The third-order valence-corrected chi connectivity index (χ3v) is 3.48. The summed E-state index contributed by atoms with van der Waals surface area (Å²) < 4.78 is 0. The molecule has 1 atom stereocenters. The van der Waals surface area contributed by atoms with Crippen LogP contribution in [0.5, 0.6) is 0 Å². The highest BCUT2D eigenvalue weighted by Gasteiger charge is 2.33. The van der Waals surface area contributed by atoms with Crippen molar-refractivity contribution in [2.75, 3.05) is 11.4 Å². The van der Waals surface area contributed by atoms with E-state index in [4.69, 9.17) is 11.6 Å². The summed E-state index contributed by atoms with van der Waals surface area (Å²) in [4.78, 5) is 25.5. The van der Waals surface area contributed by atoms with Crippen molar-refractivity contribution in [1.82, 2.24) is 5.32 Å². The second-order valence-electron chi connectivity index (χ2n) is 4.79. The Morgan fingerprint density at radius 2 is 2.16 bits per heavy atom. The number of amides is 2. The maximum absolute atomic E-state index is 12.4. The van der Waals surface area contributed by atoms with Gasteiger partial charge in [0.2, 0.25) is 11.8 Å². The van der Waals surface area contributed by atoms with E-state index in [-0.39, 0.29) is 18.4 Å². The maximum Gasteiger partial charge on any atom is 0.250 e. The van der Waals surface area contributed by atoms with Crippen LogP contribution in [0.4, 0.5) is 5.69 Å². The summed E-state index contributed by atoms with van der Waals surface area (Å²) in [5.41, 5.74) is 1.63. The van der Waals surface area contributed by atoms with Gasteiger partial charge in [0.15, 0.2) is 0 Å². The van der Waals surface area contributed by atoms with Crippen molar-refractivity contribution < 1.29 is 9.59 Å². The fourth-order valence-corrected chi connectivity index (χ4v) is 2.57. The first kappa shape index (κ1) is 13.9. The first-order chi connectivity index (χ1) is 9.02. The number of benzene rings is 1. The van der Waals surface area contributed by atoms with Gasteiger partial charge in [-0.2, -0.15) is 0 Å². The Balaban J connectivity index is 2.31. The maximum atomic E-state index is 12.4. The molecule has 1 saturated heterocycles. The van der Waals surface area contributed by atoms with Gasteiger partial charge in [0, 0.05) is 0 Å². The molecule has 2 amide bonds. The lowest BCUT2D eigenvalue weighted by Crippen LogP contribution is -2.58. The Morgan fingerprint density at radius 1 is 1.42 bits per heavy atom. The molecule has 1 N–H and O–H groups in total. The van der Waals surface area contributed by atoms with Crippen molar-refractivity contribution in [3.8, 4) is 0 Å². The number of carbonyl (C=O) groups is 2. The summed E-state index contributed by atoms with van der Waals surface area (Å²) in [5.74, 6) is -0.234. The van der Waals surface area contributed by atoms with E-state index in [1.807, 2.05) is 19.9 Å². The van der Waals surface area contributed by atoms with Gasteiger partial charge in [0.1, 0.15) is 12.6 Å². The number of aryl methyl sites for hydroxylation is 1. The number of halogens is 1. The standard InChI is InChI=1S/C14H17ClN2O2/c1-3-4-11-14(19)17(8-13(18)16-11)12-6-5-9(2)7-10(12)15/h5-7,11H,3-4,8H2,1-2H3,(H,16,18). The van der Waals surface area contributed by atoms with E-state index in [1.165, 1.54) is 4.90 Å². The molecule has 0 radical (unpaired) electrons. The summed E-state index contributed by atoms with van der Waals surface area (Å²) in [7, 11) is 0. The van der Waals surface area contributed by atoms with Crippen LogP contribution in [0.2, 0.25) is 5.02 Å². The van der Waals surface area contributed by atoms with E-state index in [1.54, 1.807) is 12.1 Å². The lowest BCUT2D eigenvalue weighted by atomic mass is 10.1. The van der Waals surface area contributed by atoms with E-state index >= 15 is 0 Å². The molecule has 5 heteroatoms. The number of nitrogens with one attached hydrogen (secondary N) is 1. The average Bonchev–Trinajstić information content (AvgIpc) is 2.34. The fraction of sp³-hybridized carbons (Fsp3) is 0.429. The Hall–Kier alpha value is -1.55. The molecule has 1 fully saturated rings. The number of nitrogens with zero attached hydrogens (tertiary/aromatic N) is 1. The van der Waals surface area contributed by atoms with E-state index in [9.17, 15) is 9.59 Å². The number of hydrogen-bond acceptors (Lipinski definition) is 2. The summed E-state index contributed by atoms with van der Waals surface area (Å²) in [6.07, 6.45) is 1.48. The van der Waals surface area contributed by atoms with Crippen LogP contribution in [0.25, 0.3) is 0 Å². The zero-order valence-corrected chi connectivity index (χ0v) is 11.8. The predicted molar refractivity (Wildman–Crippen MR) is 75.4 cm³/mol. The minimum atomic E-state index is -0.441. The molecule has 1 aliphatic rings. The van der Waals surface area contributed by atoms with Crippen molar-refractivity contribution in [3.63, 3.8) is 0 Å². The topological polar surface area (TPSA) is 49.4 Å². The van der Waals surface area contributed by atoms with E-state index in [0.717, 1.165) is 12.0 Å². The van der Waals surface area contributed by atoms with Gasteiger partial charge in [-0.1, -0.05) is 31.0 Å². The van der Waals surface area contributed by atoms with Gasteiger partial charge in [-0.3, -0.25) is 14.5 Å². The molecular weight excluding hydrogens is 264 g/mol. The lowest BCUT2D eigenvalue weighted by Gasteiger charge is -2.33. The van der Waals surface area contributed by atoms with Crippen LogP contribution in [0.3, 0.4) is 0 Å².